The summed E-state index contributed by atoms with van der Waals surface area (Å²) in [6.45, 7) is 0.639. The van der Waals surface area contributed by atoms with Crippen molar-refractivity contribution in [2.24, 2.45) is 0 Å². The maximum atomic E-state index is 14.3. The fourth-order valence-electron chi connectivity index (χ4n) is 3.18. The lowest BCUT2D eigenvalue weighted by Gasteiger charge is -2.15. The Labute approximate surface area is 171 Å². The Kier molecular flexibility index (Phi) is 4.94. The minimum atomic E-state index is -3.28. The number of nitrogens with one attached hydrogen (secondary N) is 1. The van der Waals surface area contributed by atoms with Crippen molar-refractivity contribution in [3.63, 3.8) is 0 Å². The van der Waals surface area contributed by atoms with E-state index in [1.807, 2.05) is 0 Å². The maximum absolute atomic E-state index is 14.3. The van der Waals surface area contributed by atoms with Gasteiger partial charge in [-0.3, -0.25) is 3.97 Å². The summed E-state index contributed by atoms with van der Waals surface area (Å²) >= 11 is 10.4. The van der Waals surface area contributed by atoms with Gasteiger partial charge < -0.3 is 5.32 Å². The number of aromatic nitrogens is 4. The van der Waals surface area contributed by atoms with Crippen LogP contribution in [0.1, 0.15) is 6.42 Å². The lowest BCUT2D eigenvalue weighted by Crippen LogP contribution is -2.31. The van der Waals surface area contributed by atoms with Gasteiger partial charge in [-0.15, -0.1) is 0 Å². The number of thiol groups is 1. The Hall–Kier alpha value is -1.95. The zero-order valence-corrected chi connectivity index (χ0v) is 17.1. The molecular weight excluding hydrogens is 427 g/mol. The van der Waals surface area contributed by atoms with Gasteiger partial charge in [0.1, 0.15) is 0 Å². The first-order valence-corrected chi connectivity index (χ1v) is 11.0. The van der Waals surface area contributed by atoms with Gasteiger partial charge in [0.2, 0.25) is 10.0 Å². The van der Waals surface area contributed by atoms with Crippen LogP contribution in [0, 0.1) is 5.82 Å². The highest BCUT2D eigenvalue weighted by Gasteiger charge is 2.29. The summed E-state index contributed by atoms with van der Waals surface area (Å²) in [4.78, 5) is 12.6. The summed E-state index contributed by atoms with van der Waals surface area (Å²) in [7, 11) is -3.28. The number of rotatable bonds is 4. The molecular formula is C16H16ClFN6O2S2. The van der Waals surface area contributed by atoms with E-state index < -0.39 is 15.8 Å². The molecule has 4 rings (SSSR count). The highest BCUT2D eigenvalue weighted by molar-refractivity contribution is 7.88. The van der Waals surface area contributed by atoms with Crippen molar-refractivity contribution >= 4 is 51.3 Å². The van der Waals surface area contributed by atoms with Crippen molar-refractivity contribution in [3.05, 3.63) is 35.5 Å². The van der Waals surface area contributed by atoms with Gasteiger partial charge in [0.05, 0.1) is 17.5 Å². The standard InChI is InChI=1S/C16H16ClFN6O2S2/c1-28(25,26)23-3-2-10(7-23)21-15-13(18)6-19-14(22-15)12-8-24(27)16-11(12)4-9(17)5-20-16/h4-6,8,10,27H,2-3,7H2,1H3,(H,19,21,22). The summed E-state index contributed by atoms with van der Waals surface area (Å²) in [5.41, 5.74) is 1.18. The molecule has 0 saturated carbocycles. The molecule has 0 radical (unpaired) electrons. The SMILES string of the molecule is CS(=O)(=O)N1CCC(Nc2nc(-c3cn(S)c4ncc(Cl)cc34)ncc2F)C1. The third-order valence-corrected chi connectivity index (χ3v) is 6.32. The second-order valence-electron chi connectivity index (χ2n) is 6.55. The molecule has 3 aromatic rings. The third-order valence-electron chi connectivity index (χ3n) is 4.54. The molecule has 1 N–H and O–H groups in total. The van der Waals surface area contributed by atoms with Gasteiger partial charge in [-0.05, 0) is 12.5 Å². The summed E-state index contributed by atoms with van der Waals surface area (Å²) in [6, 6.07) is 1.47. The van der Waals surface area contributed by atoms with Crippen LogP contribution in [-0.2, 0) is 10.0 Å². The van der Waals surface area contributed by atoms with Crippen LogP contribution in [0.4, 0.5) is 10.2 Å². The highest BCUT2D eigenvalue weighted by atomic mass is 35.5. The zero-order valence-electron chi connectivity index (χ0n) is 14.7. The van der Waals surface area contributed by atoms with Crippen molar-refractivity contribution < 1.29 is 12.8 Å². The van der Waals surface area contributed by atoms with E-state index in [-0.39, 0.29) is 24.2 Å². The molecule has 0 spiro atoms. The number of nitrogens with zero attached hydrogens (tertiary/aromatic N) is 5. The van der Waals surface area contributed by atoms with Crippen LogP contribution in [-0.4, -0.2) is 57.0 Å². The number of hydrogen-bond acceptors (Lipinski definition) is 7. The molecule has 28 heavy (non-hydrogen) atoms. The minimum absolute atomic E-state index is 0.0143. The third kappa shape index (κ3) is 3.66. The van der Waals surface area contributed by atoms with E-state index in [4.69, 9.17) is 11.6 Å². The van der Waals surface area contributed by atoms with Crippen molar-refractivity contribution in [3.8, 4) is 11.4 Å². The summed E-state index contributed by atoms with van der Waals surface area (Å²) in [6.07, 6.45) is 5.97. The Bertz CT molecular complexity index is 1170. The van der Waals surface area contributed by atoms with E-state index in [2.05, 4.69) is 33.1 Å². The number of fused-ring (bicyclic) bond motifs is 1. The lowest BCUT2D eigenvalue weighted by molar-refractivity contribution is 0.480. The first kappa shape index (κ1) is 19.4. The van der Waals surface area contributed by atoms with Crippen molar-refractivity contribution in [2.45, 2.75) is 12.5 Å². The van der Waals surface area contributed by atoms with Crippen LogP contribution < -0.4 is 5.32 Å². The molecule has 8 nitrogen and oxygen atoms in total. The zero-order chi connectivity index (χ0) is 20.1. The normalized spacial score (nSPS) is 18.1. The first-order chi connectivity index (χ1) is 13.2. The number of anilines is 1. The molecule has 0 bridgehead atoms. The lowest BCUT2D eigenvalue weighted by atomic mass is 10.2. The predicted molar refractivity (Wildman–Crippen MR) is 109 cm³/mol. The largest absolute Gasteiger partial charge is 0.363 e. The van der Waals surface area contributed by atoms with E-state index in [1.54, 1.807) is 12.3 Å². The number of sulfonamides is 1. The van der Waals surface area contributed by atoms with Gasteiger partial charge in [0, 0.05) is 42.5 Å². The molecule has 0 aliphatic carbocycles. The summed E-state index contributed by atoms with van der Waals surface area (Å²) < 4.78 is 40.5. The molecule has 1 saturated heterocycles. The first-order valence-electron chi connectivity index (χ1n) is 8.33. The Morgan fingerprint density at radius 3 is 2.86 bits per heavy atom. The van der Waals surface area contributed by atoms with Crippen LogP contribution in [0.5, 0.6) is 0 Å². The average Bonchev–Trinajstić information content (AvgIpc) is 3.22. The number of pyridine rings is 1. The van der Waals surface area contributed by atoms with Crippen LogP contribution in [0.3, 0.4) is 0 Å². The van der Waals surface area contributed by atoms with Crippen molar-refractivity contribution in [1.82, 2.24) is 23.2 Å². The molecule has 1 unspecified atom stereocenters. The molecule has 3 aromatic heterocycles. The van der Waals surface area contributed by atoms with Crippen LogP contribution in [0.15, 0.2) is 24.7 Å². The second-order valence-corrected chi connectivity index (χ2v) is 9.40. The van der Waals surface area contributed by atoms with E-state index >= 15 is 0 Å². The molecule has 4 heterocycles. The average molecular weight is 443 g/mol. The molecule has 12 heteroatoms. The quantitative estimate of drug-likeness (QED) is 0.603. The van der Waals surface area contributed by atoms with Crippen LogP contribution in [0.25, 0.3) is 22.4 Å². The summed E-state index contributed by atoms with van der Waals surface area (Å²) in [5.74, 6) is -0.323. The van der Waals surface area contributed by atoms with Crippen molar-refractivity contribution in [2.75, 3.05) is 24.7 Å². The van der Waals surface area contributed by atoms with Gasteiger partial charge in [-0.25, -0.2) is 32.1 Å². The van der Waals surface area contributed by atoms with Gasteiger partial charge in [0.25, 0.3) is 0 Å². The molecule has 0 amide bonds. The van der Waals surface area contributed by atoms with Crippen molar-refractivity contribution in [1.29, 1.82) is 0 Å². The predicted octanol–water partition coefficient (Wildman–Crippen LogP) is 2.42. The number of halogens is 2. The molecule has 1 aliphatic heterocycles. The monoisotopic (exact) mass is 442 g/mol. The summed E-state index contributed by atoms with van der Waals surface area (Å²) in [5, 5.41) is 4.12. The van der Waals surface area contributed by atoms with E-state index in [9.17, 15) is 12.8 Å². The van der Waals surface area contributed by atoms with Crippen LogP contribution in [0.2, 0.25) is 5.02 Å². The van der Waals surface area contributed by atoms with Gasteiger partial charge in [-0.1, -0.05) is 24.4 Å². The van der Waals surface area contributed by atoms with Gasteiger partial charge >= 0.3 is 0 Å². The van der Waals surface area contributed by atoms with E-state index in [0.29, 0.717) is 34.6 Å². The fourth-order valence-corrected chi connectivity index (χ4v) is 4.50. The molecule has 0 aromatic carbocycles. The maximum Gasteiger partial charge on any atom is 0.211 e. The van der Waals surface area contributed by atoms with Gasteiger partial charge in [-0.2, -0.15) is 0 Å². The second kappa shape index (κ2) is 7.14. The Morgan fingerprint density at radius 1 is 1.36 bits per heavy atom. The van der Waals surface area contributed by atoms with E-state index in [0.717, 1.165) is 12.5 Å². The number of hydrogen-bond donors (Lipinski definition) is 2. The van der Waals surface area contributed by atoms with Crippen LogP contribution >= 0.6 is 24.4 Å². The van der Waals surface area contributed by atoms with Gasteiger partial charge in [0.15, 0.2) is 23.1 Å². The fraction of sp³-hybridized carbons (Fsp3) is 0.312. The molecule has 1 aliphatic rings. The Balaban J connectivity index is 1.66. The smallest absolute Gasteiger partial charge is 0.211 e. The molecule has 1 atom stereocenters. The Morgan fingerprint density at radius 2 is 2.14 bits per heavy atom. The minimum Gasteiger partial charge on any atom is -0.363 e. The molecule has 1 fully saturated rings. The highest BCUT2D eigenvalue weighted by Crippen LogP contribution is 2.31. The van der Waals surface area contributed by atoms with E-state index in [1.165, 1.54) is 14.5 Å². The molecule has 148 valence electrons. The topological polar surface area (TPSA) is 93.0 Å².